The van der Waals surface area contributed by atoms with E-state index in [0.29, 0.717) is 24.2 Å². The van der Waals surface area contributed by atoms with Crippen LogP contribution in [0.25, 0.3) is 15.9 Å². The van der Waals surface area contributed by atoms with Crippen LogP contribution in [-0.2, 0) is 4.74 Å². The molecule has 7 nitrogen and oxygen atoms in total. The standard InChI is InChI=1S/C30H31N3O4S/c1-30(2,3)37-29(36)32-18-16-21(17-19-32)31-27-25(26(35)20-10-6-4-7-11-20)23-14-15-24(34)33(28(23)38-27)22-12-8-5-9-13-22/h4-15,21,31H,16-19H2,1-3H3. The number of likely N-dealkylation sites (tertiary alicyclic amines) is 1. The molecule has 38 heavy (non-hydrogen) atoms. The molecule has 5 rings (SSSR count). The molecule has 8 heteroatoms. The Morgan fingerprint density at radius 2 is 1.55 bits per heavy atom. The summed E-state index contributed by atoms with van der Waals surface area (Å²) < 4.78 is 7.19. The van der Waals surface area contributed by atoms with E-state index in [9.17, 15) is 14.4 Å². The number of amides is 1. The lowest BCUT2D eigenvalue weighted by molar-refractivity contribution is 0.0210. The fourth-order valence-corrected chi connectivity index (χ4v) is 5.97. The van der Waals surface area contributed by atoms with Crippen molar-refractivity contribution >= 4 is 38.4 Å². The van der Waals surface area contributed by atoms with Crippen molar-refractivity contribution in [3.63, 3.8) is 0 Å². The van der Waals surface area contributed by atoms with Crippen LogP contribution in [0.5, 0.6) is 0 Å². The Hall–Kier alpha value is -3.91. The predicted octanol–water partition coefficient (Wildman–Crippen LogP) is 6.09. The molecule has 1 aliphatic heterocycles. The zero-order valence-corrected chi connectivity index (χ0v) is 22.6. The van der Waals surface area contributed by atoms with E-state index in [0.717, 1.165) is 33.7 Å². The number of thiophene rings is 1. The van der Waals surface area contributed by atoms with Gasteiger partial charge in [0.15, 0.2) is 5.78 Å². The van der Waals surface area contributed by atoms with Crippen molar-refractivity contribution < 1.29 is 14.3 Å². The van der Waals surface area contributed by atoms with Gasteiger partial charge in [-0.2, -0.15) is 0 Å². The topological polar surface area (TPSA) is 80.6 Å². The molecule has 196 valence electrons. The normalized spacial score (nSPS) is 14.4. The summed E-state index contributed by atoms with van der Waals surface area (Å²) in [6.07, 6.45) is 1.14. The Morgan fingerprint density at radius 1 is 0.921 bits per heavy atom. The fourth-order valence-electron chi connectivity index (χ4n) is 4.68. The van der Waals surface area contributed by atoms with E-state index in [1.165, 1.54) is 17.4 Å². The Balaban J connectivity index is 1.50. The van der Waals surface area contributed by atoms with Gasteiger partial charge in [0.25, 0.3) is 5.56 Å². The first kappa shape index (κ1) is 25.7. The highest BCUT2D eigenvalue weighted by atomic mass is 32.1. The number of carbonyl (C=O) groups excluding carboxylic acids is 2. The largest absolute Gasteiger partial charge is 0.444 e. The number of ether oxygens (including phenoxy) is 1. The number of hydrogen-bond donors (Lipinski definition) is 1. The lowest BCUT2D eigenvalue weighted by Gasteiger charge is -2.34. The fraction of sp³-hybridized carbons (Fsp3) is 0.300. The molecule has 3 heterocycles. The van der Waals surface area contributed by atoms with Gasteiger partial charge in [-0.25, -0.2) is 4.79 Å². The number of rotatable bonds is 5. The molecule has 1 N–H and O–H groups in total. The molecule has 4 aromatic rings. The Morgan fingerprint density at radius 3 is 2.18 bits per heavy atom. The van der Waals surface area contributed by atoms with Gasteiger partial charge in [-0.1, -0.05) is 59.9 Å². The van der Waals surface area contributed by atoms with Crippen LogP contribution in [0.2, 0.25) is 0 Å². The molecular formula is C30H31N3O4S. The summed E-state index contributed by atoms with van der Waals surface area (Å²) in [6.45, 7) is 6.71. The number of piperidine rings is 1. The highest BCUT2D eigenvalue weighted by Gasteiger charge is 2.29. The molecule has 2 aromatic carbocycles. The van der Waals surface area contributed by atoms with Crippen LogP contribution in [-0.4, -0.2) is 46.1 Å². The molecule has 2 aromatic heterocycles. The van der Waals surface area contributed by atoms with Gasteiger partial charge in [0.2, 0.25) is 0 Å². The molecule has 1 amide bonds. The first-order valence-electron chi connectivity index (χ1n) is 12.8. The number of nitrogens with one attached hydrogen (secondary N) is 1. The van der Waals surface area contributed by atoms with E-state index in [1.54, 1.807) is 15.5 Å². The highest BCUT2D eigenvalue weighted by molar-refractivity contribution is 7.23. The maximum atomic E-state index is 13.8. The molecule has 0 bridgehead atoms. The summed E-state index contributed by atoms with van der Waals surface area (Å²) in [5, 5.41) is 5.07. The average Bonchev–Trinajstić information content (AvgIpc) is 3.26. The van der Waals surface area contributed by atoms with Gasteiger partial charge < -0.3 is 15.0 Å². The summed E-state index contributed by atoms with van der Waals surface area (Å²) >= 11 is 1.42. The number of carbonyl (C=O) groups is 2. The second-order valence-corrected chi connectivity index (χ2v) is 11.4. The number of aromatic nitrogens is 1. The summed E-state index contributed by atoms with van der Waals surface area (Å²) in [5.41, 5.74) is 1.22. The molecular weight excluding hydrogens is 498 g/mol. The van der Waals surface area contributed by atoms with Crippen LogP contribution in [0, 0.1) is 0 Å². The number of fused-ring (bicyclic) bond motifs is 1. The Labute approximate surface area is 225 Å². The maximum absolute atomic E-state index is 13.8. The minimum Gasteiger partial charge on any atom is -0.444 e. The van der Waals surface area contributed by atoms with E-state index in [1.807, 2.05) is 81.4 Å². The van der Waals surface area contributed by atoms with Gasteiger partial charge in [-0.3, -0.25) is 14.2 Å². The van der Waals surface area contributed by atoms with Crippen molar-refractivity contribution in [2.75, 3.05) is 18.4 Å². The number of benzene rings is 2. The molecule has 0 aliphatic carbocycles. The average molecular weight is 530 g/mol. The molecule has 1 saturated heterocycles. The van der Waals surface area contributed by atoms with Crippen LogP contribution in [0.4, 0.5) is 9.80 Å². The quantitative estimate of drug-likeness (QED) is 0.316. The molecule has 0 saturated carbocycles. The van der Waals surface area contributed by atoms with Crippen LogP contribution in [0.1, 0.15) is 49.5 Å². The van der Waals surface area contributed by atoms with E-state index in [-0.39, 0.29) is 23.5 Å². The third kappa shape index (κ3) is 5.36. The molecule has 0 atom stereocenters. The van der Waals surface area contributed by atoms with Crippen LogP contribution in [0.3, 0.4) is 0 Å². The van der Waals surface area contributed by atoms with E-state index in [2.05, 4.69) is 5.32 Å². The van der Waals surface area contributed by atoms with Crippen molar-refractivity contribution in [3.05, 3.63) is 94.3 Å². The van der Waals surface area contributed by atoms with E-state index >= 15 is 0 Å². The summed E-state index contributed by atoms with van der Waals surface area (Å²) in [6, 6.07) is 22.0. The van der Waals surface area contributed by atoms with Crippen LogP contribution in [0.15, 0.2) is 77.6 Å². The first-order valence-corrected chi connectivity index (χ1v) is 13.6. The maximum Gasteiger partial charge on any atom is 0.410 e. The monoisotopic (exact) mass is 529 g/mol. The van der Waals surface area contributed by atoms with Crippen molar-refractivity contribution in [2.45, 2.75) is 45.3 Å². The Bertz CT molecular complexity index is 1510. The van der Waals surface area contributed by atoms with Gasteiger partial charge in [-0.15, -0.1) is 0 Å². The summed E-state index contributed by atoms with van der Waals surface area (Å²) in [5.74, 6) is -0.0937. The second kappa shape index (κ2) is 10.5. The van der Waals surface area contributed by atoms with Gasteiger partial charge >= 0.3 is 6.09 Å². The smallest absolute Gasteiger partial charge is 0.410 e. The summed E-state index contributed by atoms with van der Waals surface area (Å²) in [4.78, 5) is 41.8. The minimum absolute atomic E-state index is 0.0703. The third-order valence-electron chi connectivity index (χ3n) is 6.50. The Kier molecular flexibility index (Phi) is 7.08. The number of para-hydroxylation sites is 1. The second-order valence-electron chi connectivity index (χ2n) is 10.4. The molecule has 1 fully saturated rings. The number of ketones is 1. The van der Waals surface area contributed by atoms with Gasteiger partial charge in [-0.05, 0) is 51.8 Å². The number of nitrogens with zero attached hydrogens (tertiary/aromatic N) is 2. The lowest BCUT2D eigenvalue weighted by atomic mass is 10.0. The van der Waals surface area contributed by atoms with Gasteiger partial charge in [0, 0.05) is 36.1 Å². The van der Waals surface area contributed by atoms with Crippen molar-refractivity contribution in [1.82, 2.24) is 9.47 Å². The minimum atomic E-state index is -0.537. The van der Waals surface area contributed by atoms with Gasteiger partial charge in [0.1, 0.15) is 15.4 Å². The van der Waals surface area contributed by atoms with E-state index < -0.39 is 5.60 Å². The lowest BCUT2D eigenvalue weighted by Crippen LogP contribution is -2.44. The number of hydrogen-bond acceptors (Lipinski definition) is 6. The zero-order valence-electron chi connectivity index (χ0n) is 21.8. The van der Waals surface area contributed by atoms with Crippen molar-refractivity contribution in [3.8, 4) is 5.69 Å². The van der Waals surface area contributed by atoms with Crippen LogP contribution >= 0.6 is 11.3 Å². The summed E-state index contributed by atoms with van der Waals surface area (Å²) in [7, 11) is 0. The van der Waals surface area contributed by atoms with Crippen LogP contribution < -0.4 is 10.9 Å². The first-order chi connectivity index (χ1) is 18.2. The molecule has 0 spiro atoms. The SMILES string of the molecule is CC(C)(C)OC(=O)N1CCC(Nc2sc3c(ccc(=O)n3-c3ccccc3)c2C(=O)c2ccccc2)CC1. The zero-order chi connectivity index (χ0) is 26.9. The molecule has 0 radical (unpaired) electrons. The number of pyridine rings is 1. The third-order valence-corrected chi connectivity index (χ3v) is 7.62. The highest BCUT2D eigenvalue weighted by Crippen LogP contribution is 2.38. The van der Waals surface area contributed by atoms with E-state index in [4.69, 9.17) is 4.74 Å². The molecule has 1 aliphatic rings. The van der Waals surface area contributed by atoms with Crippen molar-refractivity contribution in [1.29, 1.82) is 0 Å². The molecule has 0 unspecified atom stereocenters. The van der Waals surface area contributed by atoms with Crippen molar-refractivity contribution in [2.24, 2.45) is 0 Å². The van der Waals surface area contributed by atoms with Gasteiger partial charge in [0.05, 0.1) is 11.3 Å². The predicted molar refractivity (Wildman–Crippen MR) is 152 cm³/mol. The number of anilines is 1.